The summed E-state index contributed by atoms with van der Waals surface area (Å²) >= 11 is 0. The highest BCUT2D eigenvalue weighted by Gasteiger charge is 1.99. The van der Waals surface area contributed by atoms with E-state index in [1.54, 1.807) is 0 Å². The molecule has 0 atom stereocenters. The first-order chi connectivity index (χ1) is 10.1. The van der Waals surface area contributed by atoms with Crippen molar-refractivity contribution >= 4 is 5.57 Å². The molecule has 114 valence electrons. The average Bonchev–Trinajstić information content (AvgIpc) is 2.45. The number of hydrogen-bond acceptors (Lipinski definition) is 1. The Hall–Kier alpha value is -1.76. The molecule has 0 N–H and O–H groups in total. The minimum atomic E-state index is 0.676. The van der Waals surface area contributed by atoms with E-state index in [0.717, 1.165) is 30.8 Å². The smallest absolute Gasteiger partial charge is 0.0957 e. The maximum absolute atomic E-state index is 5.84. The summed E-state index contributed by atoms with van der Waals surface area (Å²) < 4.78 is 5.84. The van der Waals surface area contributed by atoms with E-state index in [4.69, 9.17) is 4.74 Å². The first-order valence-corrected chi connectivity index (χ1v) is 7.80. The second-order valence-corrected chi connectivity index (χ2v) is 5.71. The predicted octanol–water partition coefficient (Wildman–Crippen LogP) is 5.92. The molecule has 0 fully saturated rings. The van der Waals surface area contributed by atoms with E-state index >= 15 is 0 Å². The molecule has 21 heavy (non-hydrogen) atoms. The van der Waals surface area contributed by atoms with Crippen molar-refractivity contribution < 1.29 is 4.74 Å². The highest BCUT2D eigenvalue weighted by atomic mass is 16.5. The summed E-state index contributed by atoms with van der Waals surface area (Å²) in [4.78, 5) is 0. The molecule has 1 rings (SSSR count). The minimum absolute atomic E-state index is 0.676. The van der Waals surface area contributed by atoms with E-state index < -0.39 is 0 Å². The van der Waals surface area contributed by atoms with E-state index in [1.807, 2.05) is 6.08 Å². The van der Waals surface area contributed by atoms with Crippen molar-refractivity contribution in [1.82, 2.24) is 0 Å². The van der Waals surface area contributed by atoms with Gasteiger partial charge >= 0.3 is 0 Å². The van der Waals surface area contributed by atoms with Gasteiger partial charge in [-0.05, 0) is 36.5 Å². The van der Waals surface area contributed by atoms with Crippen LogP contribution in [0.4, 0.5) is 0 Å². The summed E-state index contributed by atoms with van der Waals surface area (Å²) in [6.07, 6.45) is 8.06. The third kappa shape index (κ3) is 6.48. The van der Waals surface area contributed by atoms with E-state index in [9.17, 15) is 0 Å². The molecule has 0 heterocycles. The SMILES string of the molecule is C=C/C(=C\C=C(/CC)OCCC(C)C)c1cccc(C)c1. The van der Waals surface area contributed by atoms with Crippen LogP contribution in [-0.4, -0.2) is 6.61 Å². The molecule has 0 unspecified atom stereocenters. The Labute approximate surface area is 130 Å². The predicted molar refractivity (Wildman–Crippen MR) is 93.1 cm³/mol. The van der Waals surface area contributed by atoms with Crippen LogP contribution in [0.3, 0.4) is 0 Å². The lowest BCUT2D eigenvalue weighted by Crippen LogP contribution is -1.98. The number of aryl methyl sites for hydroxylation is 1. The van der Waals surface area contributed by atoms with Gasteiger partial charge in [0.2, 0.25) is 0 Å². The Balaban J connectivity index is 2.80. The van der Waals surface area contributed by atoms with Crippen LogP contribution in [0.1, 0.15) is 44.7 Å². The van der Waals surface area contributed by atoms with E-state index in [2.05, 4.69) is 70.7 Å². The maximum Gasteiger partial charge on any atom is 0.0957 e. The zero-order chi connectivity index (χ0) is 15.7. The Kier molecular flexibility index (Phi) is 7.60. The average molecular weight is 284 g/mol. The van der Waals surface area contributed by atoms with Gasteiger partial charge in [0, 0.05) is 6.42 Å². The van der Waals surface area contributed by atoms with Gasteiger partial charge in [-0.25, -0.2) is 0 Å². The van der Waals surface area contributed by atoms with Crippen molar-refractivity contribution in [1.29, 1.82) is 0 Å². The van der Waals surface area contributed by atoms with Crippen molar-refractivity contribution in [3.05, 3.63) is 66.0 Å². The molecule has 0 aliphatic rings. The van der Waals surface area contributed by atoms with Crippen LogP contribution in [0, 0.1) is 12.8 Å². The quantitative estimate of drug-likeness (QED) is 0.425. The van der Waals surface area contributed by atoms with E-state index in [1.165, 1.54) is 11.1 Å². The van der Waals surface area contributed by atoms with Gasteiger partial charge < -0.3 is 4.74 Å². The summed E-state index contributed by atoms with van der Waals surface area (Å²) in [5, 5.41) is 0. The summed E-state index contributed by atoms with van der Waals surface area (Å²) in [7, 11) is 0. The fourth-order valence-corrected chi connectivity index (χ4v) is 1.98. The Morgan fingerprint density at radius 3 is 2.62 bits per heavy atom. The standard InChI is InChI=1S/C20H28O/c1-6-18(19-10-8-9-17(5)15-19)11-12-20(7-2)21-14-13-16(3)4/h6,8-12,15-16H,1,7,13-14H2,2-5H3/b18-11+,20-12+. The van der Waals surface area contributed by atoms with Crippen LogP contribution in [0.5, 0.6) is 0 Å². The van der Waals surface area contributed by atoms with Gasteiger partial charge in [-0.3, -0.25) is 0 Å². The zero-order valence-electron chi connectivity index (χ0n) is 13.9. The molecule has 0 bridgehead atoms. The molecule has 1 nitrogen and oxygen atoms in total. The maximum atomic E-state index is 5.84. The molecule has 1 aromatic rings. The summed E-state index contributed by atoms with van der Waals surface area (Å²) in [5.74, 6) is 1.71. The highest BCUT2D eigenvalue weighted by molar-refractivity contribution is 5.75. The van der Waals surface area contributed by atoms with Gasteiger partial charge in [0.05, 0.1) is 12.4 Å². The number of allylic oxidation sites excluding steroid dienone is 5. The minimum Gasteiger partial charge on any atom is -0.498 e. The van der Waals surface area contributed by atoms with E-state index in [0.29, 0.717) is 5.92 Å². The summed E-state index contributed by atoms with van der Waals surface area (Å²) in [6, 6.07) is 8.46. The highest BCUT2D eigenvalue weighted by Crippen LogP contribution is 2.18. The van der Waals surface area contributed by atoms with Crippen molar-refractivity contribution in [3.63, 3.8) is 0 Å². The van der Waals surface area contributed by atoms with Gasteiger partial charge in [-0.1, -0.05) is 69.3 Å². The first kappa shape index (κ1) is 17.3. The molecular formula is C20H28O. The molecule has 0 aliphatic heterocycles. The second kappa shape index (κ2) is 9.23. The van der Waals surface area contributed by atoms with Crippen LogP contribution >= 0.6 is 0 Å². The van der Waals surface area contributed by atoms with E-state index in [-0.39, 0.29) is 0 Å². The normalized spacial score (nSPS) is 12.6. The fraction of sp³-hybridized carbons (Fsp3) is 0.400. The lowest BCUT2D eigenvalue weighted by Gasteiger charge is -2.10. The molecule has 0 amide bonds. The molecule has 0 saturated heterocycles. The van der Waals surface area contributed by atoms with Gasteiger partial charge in [0.25, 0.3) is 0 Å². The van der Waals surface area contributed by atoms with Crippen LogP contribution in [0.25, 0.3) is 5.57 Å². The van der Waals surface area contributed by atoms with Crippen molar-refractivity contribution in [2.24, 2.45) is 5.92 Å². The molecular weight excluding hydrogens is 256 g/mol. The van der Waals surface area contributed by atoms with Crippen molar-refractivity contribution in [2.45, 2.75) is 40.5 Å². The van der Waals surface area contributed by atoms with Crippen molar-refractivity contribution in [2.75, 3.05) is 6.61 Å². The monoisotopic (exact) mass is 284 g/mol. The van der Waals surface area contributed by atoms with Gasteiger partial charge in [-0.2, -0.15) is 0 Å². The number of ether oxygens (including phenoxy) is 1. The van der Waals surface area contributed by atoms with Crippen molar-refractivity contribution in [3.8, 4) is 0 Å². The van der Waals surface area contributed by atoms with Crippen LogP contribution < -0.4 is 0 Å². The third-order valence-corrected chi connectivity index (χ3v) is 3.35. The number of rotatable bonds is 8. The third-order valence-electron chi connectivity index (χ3n) is 3.35. The Morgan fingerprint density at radius 1 is 1.29 bits per heavy atom. The van der Waals surface area contributed by atoms with Gasteiger partial charge in [0.15, 0.2) is 0 Å². The number of hydrogen-bond donors (Lipinski definition) is 0. The fourth-order valence-electron chi connectivity index (χ4n) is 1.98. The molecule has 1 heteroatoms. The molecule has 0 spiro atoms. The Morgan fingerprint density at radius 2 is 2.05 bits per heavy atom. The summed E-state index contributed by atoms with van der Waals surface area (Å²) in [6.45, 7) is 13.4. The van der Waals surface area contributed by atoms with Gasteiger partial charge in [-0.15, -0.1) is 0 Å². The largest absolute Gasteiger partial charge is 0.498 e. The Bertz CT molecular complexity index is 506. The summed E-state index contributed by atoms with van der Waals surface area (Å²) in [5.41, 5.74) is 3.57. The molecule has 0 aromatic heterocycles. The molecule has 0 radical (unpaired) electrons. The lowest BCUT2D eigenvalue weighted by molar-refractivity contribution is 0.189. The molecule has 0 aliphatic carbocycles. The van der Waals surface area contributed by atoms with Crippen LogP contribution in [0.15, 0.2) is 54.8 Å². The first-order valence-electron chi connectivity index (χ1n) is 7.80. The lowest BCUT2D eigenvalue weighted by atomic mass is 10.0. The topological polar surface area (TPSA) is 9.23 Å². The second-order valence-electron chi connectivity index (χ2n) is 5.71. The van der Waals surface area contributed by atoms with Gasteiger partial charge in [0.1, 0.15) is 0 Å². The van der Waals surface area contributed by atoms with Crippen LogP contribution in [-0.2, 0) is 4.74 Å². The number of benzene rings is 1. The molecule has 1 aromatic carbocycles. The molecule has 0 saturated carbocycles. The van der Waals surface area contributed by atoms with Crippen LogP contribution in [0.2, 0.25) is 0 Å². The zero-order valence-corrected chi connectivity index (χ0v) is 13.9.